The van der Waals surface area contributed by atoms with E-state index in [0.717, 1.165) is 0 Å². The molecule has 0 bridgehead atoms. The molecule has 1 aliphatic heterocycles. The van der Waals surface area contributed by atoms with Crippen molar-refractivity contribution in [2.24, 2.45) is 11.7 Å². The first-order chi connectivity index (χ1) is 8.41. The maximum absolute atomic E-state index is 13.3. The highest BCUT2D eigenvalue weighted by Gasteiger charge is 2.41. The standard InChI is InChI=1S/C13H21F2NO2/c14-13(15)3-1-2-10(9-13)8-11(17)12(16)4-6-18-7-5-12/h10H,1-9,16H2. The third-order valence-electron chi connectivity index (χ3n) is 4.16. The van der Waals surface area contributed by atoms with Crippen LogP contribution in [-0.2, 0) is 9.53 Å². The number of rotatable bonds is 3. The second-order valence-corrected chi connectivity index (χ2v) is 5.71. The second kappa shape index (κ2) is 5.21. The zero-order chi connectivity index (χ0) is 13.2. The fourth-order valence-corrected chi connectivity index (χ4v) is 2.93. The minimum absolute atomic E-state index is 0.0424. The zero-order valence-electron chi connectivity index (χ0n) is 10.6. The third-order valence-corrected chi connectivity index (χ3v) is 4.16. The number of nitrogens with two attached hydrogens (primary N) is 1. The van der Waals surface area contributed by atoms with Gasteiger partial charge in [-0.05, 0) is 31.6 Å². The number of hydrogen-bond acceptors (Lipinski definition) is 3. The van der Waals surface area contributed by atoms with Gasteiger partial charge in [0.25, 0.3) is 0 Å². The van der Waals surface area contributed by atoms with Gasteiger partial charge in [-0.1, -0.05) is 0 Å². The van der Waals surface area contributed by atoms with E-state index < -0.39 is 11.5 Å². The van der Waals surface area contributed by atoms with Gasteiger partial charge in [0.05, 0.1) is 5.54 Å². The molecule has 18 heavy (non-hydrogen) atoms. The van der Waals surface area contributed by atoms with Crippen LogP contribution in [0.1, 0.15) is 44.9 Å². The zero-order valence-corrected chi connectivity index (χ0v) is 10.6. The first-order valence-corrected chi connectivity index (χ1v) is 6.69. The van der Waals surface area contributed by atoms with Crippen LogP contribution in [0.15, 0.2) is 0 Å². The van der Waals surface area contributed by atoms with E-state index in [1.54, 1.807) is 0 Å². The first kappa shape index (κ1) is 13.9. The predicted molar refractivity (Wildman–Crippen MR) is 63.5 cm³/mol. The molecular formula is C13H21F2NO2. The number of ketones is 1. The molecule has 1 unspecified atom stereocenters. The van der Waals surface area contributed by atoms with E-state index in [-0.39, 0.29) is 31.0 Å². The minimum Gasteiger partial charge on any atom is -0.381 e. The molecule has 0 spiro atoms. The van der Waals surface area contributed by atoms with Crippen molar-refractivity contribution in [1.29, 1.82) is 0 Å². The van der Waals surface area contributed by atoms with E-state index in [0.29, 0.717) is 38.9 Å². The lowest BCUT2D eigenvalue weighted by Gasteiger charge is -2.35. The molecule has 5 heteroatoms. The molecule has 0 radical (unpaired) electrons. The lowest BCUT2D eigenvalue weighted by molar-refractivity contribution is -0.130. The molecule has 1 saturated carbocycles. The summed E-state index contributed by atoms with van der Waals surface area (Å²) in [6.45, 7) is 0.978. The Morgan fingerprint density at radius 2 is 1.94 bits per heavy atom. The largest absolute Gasteiger partial charge is 0.381 e. The summed E-state index contributed by atoms with van der Waals surface area (Å²) in [5, 5.41) is 0. The van der Waals surface area contributed by atoms with E-state index in [1.807, 2.05) is 0 Å². The molecule has 2 rings (SSSR count). The van der Waals surface area contributed by atoms with E-state index in [2.05, 4.69) is 0 Å². The first-order valence-electron chi connectivity index (χ1n) is 6.69. The lowest BCUT2D eigenvalue weighted by Crippen LogP contribution is -2.52. The summed E-state index contributed by atoms with van der Waals surface area (Å²) >= 11 is 0. The smallest absolute Gasteiger partial charge is 0.248 e. The van der Waals surface area contributed by atoms with Gasteiger partial charge in [-0.3, -0.25) is 4.79 Å². The van der Waals surface area contributed by atoms with Crippen molar-refractivity contribution in [2.45, 2.75) is 56.4 Å². The summed E-state index contributed by atoms with van der Waals surface area (Å²) < 4.78 is 31.7. The average molecular weight is 261 g/mol. The molecule has 3 nitrogen and oxygen atoms in total. The summed E-state index contributed by atoms with van der Waals surface area (Å²) in [6.07, 6.45) is 2.24. The Morgan fingerprint density at radius 1 is 1.28 bits per heavy atom. The molecular weight excluding hydrogens is 240 g/mol. The number of carbonyl (C=O) groups excluding carboxylic acids is 1. The van der Waals surface area contributed by atoms with Gasteiger partial charge < -0.3 is 10.5 Å². The van der Waals surface area contributed by atoms with Gasteiger partial charge in [0.15, 0.2) is 5.78 Å². The van der Waals surface area contributed by atoms with Gasteiger partial charge in [0.2, 0.25) is 5.92 Å². The summed E-state index contributed by atoms with van der Waals surface area (Å²) in [4.78, 5) is 12.2. The number of alkyl halides is 2. The van der Waals surface area contributed by atoms with Gasteiger partial charge in [0.1, 0.15) is 0 Å². The van der Waals surface area contributed by atoms with Crippen LogP contribution in [0, 0.1) is 5.92 Å². The maximum Gasteiger partial charge on any atom is 0.248 e. The Bertz CT molecular complexity index is 314. The van der Waals surface area contributed by atoms with Crippen molar-refractivity contribution in [2.75, 3.05) is 13.2 Å². The highest BCUT2D eigenvalue weighted by molar-refractivity contribution is 5.88. The summed E-state index contributed by atoms with van der Waals surface area (Å²) in [6, 6.07) is 0. The van der Waals surface area contributed by atoms with Crippen molar-refractivity contribution >= 4 is 5.78 Å². The SMILES string of the molecule is NC1(C(=O)CC2CCCC(F)(F)C2)CCOCC1. The van der Waals surface area contributed by atoms with Crippen molar-refractivity contribution in [3.05, 3.63) is 0 Å². The number of hydrogen-bond donors (Lipinski definition) is 1. The second-order valence-electron chi connectivity index (χ2n) is 5.71. The lowest BCUT2D eigenvalue weighted by atomic mass is 9.77. The monoisotopic (exact) mass is 261 g/mol. The van der Waals surface area contributed by atoms with E-state index in [9.17, 15) is 13.6 Å². The quantitative estimate of drug-likeness (QED) is 0.848. The van der Waals surface area contributed by atoms with Gasteiger partial charge in [-0.25, -0.2) is 8.78 Å². The fourth-order valence-electron chi connectivity index (χ4n) is 2.93. The summed E-state index contributed by atoms with van der Waals surface area (Å²) in [5.41, 5.74) is 5.23. The summed E-state index contributed by atoms with van der Waals surface area (Å²) in [5.74, 6) is -2.86. The van der Waals surface area contributed by atoms with Crippen molar-refractivity contribution < 1.29 is 18.3 Å². The Kier molecular flexibility index (Phi) is 4.02. The van der Waals surface area contributed by atoms with Crippen LogP contribution in [0.25, 0.3) is 0 Å². The van der Waals surface area contributed by atoms with E-state index in [4.69, 9.17) is 10.5 Å². The Morgan fingerprint density at radius 3 is 2.56 bits per heavy atom. The minimum atomic E-state index is -2.60. The molecule has 0 aromatic rings. The Hall–Kier alpha value is -0.550. The van der Waals surface area contributed by atoms with Crippen LogP contribution in [0.5, 0.6) is 0 Å². The molecule has 1 aliphatic carbocycles. The van der Waals surface area contributed by atoms with Crippen LogP contribution < -0.4 is 5.73 Å². The molecule has 0 amide bonds. The van der Waals surface area contributed by atoms with Crippen molar-refractivity contribution in [3.8, 4) is 0 Å². The molecule has 0 aromatic carbocycles. The maximum atomic E-state index is 13.3. The molecule has 2 aliphatic rings. The summed E-state index contributed by atoms with van der Waals surface area (Å²) in [7, 11) is 0. The van der Waals surface area contributed by atoms with Crippen LogP contribution in [0.3, 0.4) is 0 Å². The van der Waals surface area contributed by atoms with Crippen LogP contribution >= 0.6 is 0 Å². The molecule has 0 aromatic heterocycles. The Labute approximate surface area is 106 Å². The molecule has 104 valence electrons. The van der Waals surface area contributed by atoms with Gasteiger partial charge in [0, 0.05) is 32.5 Å². The molecule has 1 atom stereocenters. The topological polar surface area (TPSA) is 52.3 Å². The number of ether oxygens (including phenoxy) is 1. The third kappa shape index (κ3) is 3.26. The highest BCUT2D eigenvalue weighted by atomic mass is 19.3. The molecule has 1 saturated heterocycles. The van der Waals surface area contributed by atoms with Gasteiger partial charge in [-0.2, -0.15) is 0 Å². The fraction of sp³-hybridized carbons (Fsp3) is 0.923. The number of halogens is 2. The van der Waals surface area contributed by atoms with Gasteiger partial charge >= 0.3 is 0 Å². The average Bonchev–Trinajstić information content (AvgIpc) is 2.28. The van der Waals surface area contributed by atoms with E-state index in [1.165, 1.54) is 0 Å². The van der Waals surface area contributed by atoms with Crippen molar-refractivity contribution in [1.82, 2.24) is 0 Å². The predicted octanol–water partition coefficient (Wildman–Crippen LogP) is 2.28. The molecule has 2 fully saturated rings. The van der Waals surface area contributed by atoms with Crippen LogP contribution in [-0.4, -0.2) is 30.5 Å². The Balaban J connectivity index is 1.90. The van der Waals surface area contributed by atoms with Gasteiger partial charge in [-0.15, -0.1) is 0 Å². The number of carbonyl (C=O) groups is 1. The molecule has 1 heterocycles. The molecule has 2 N–H and O–H groups in total. The highest BCUT2D eigenvalue weighted by Crippen LogP contribution is 2.39. The van der Waals surface area contributed by atoms with Crippen LogP contribution in [0.4, 0.5) is 8.78 Å². The van der Waals surface area contributed by atoms with E-state index >= 15 is 0 Å². The number of Topliss-reactive ketones (excluding diaryl/α,β-unsaturated/α-hetero) is 1. The van der Waals surface area contributed by atoms with Crippen LogP contribution in [0.2, 0.25) is 0 Å². The normalized spacial score (nSPS) is 30.9. The van der Waals surface area contributed by atoms with Crippen molar-refractivity contribution in [3.63, 3.8) is 0 Å².